The van der Waals surface area contributed by atoms with Gasteiger partial charge >= 0.3 is 0 Å². The summed E-state index contributed by atoms with van der Waals surface area (Å²) < 4.78 is 7.52. The number of ether oxygens (including phenoxy) is 1. The molecule has 0 aliphatic heterocycles. The van der Waals surface area contributed by atoms with Crippen molar-refractivity contribution in [2.45, 2.75) is 39.7 Å². The van der Waals surface area contributed by atoms with E-state index in [0.29, 0.717) is 23.1 Å². The van der Waals surface area contributed by atoms with Gasteiger partial charge in [0.25, 0.3) is 0 Å². The van der Waals surface area contributed by atoms with Gasteiger partial charge in [-0.15, -0.1) is 11.6 Å². The molecule has 0 radical (unpaired) electrons. The van der Waals surface area contributed by atoms with Crippen LogP contribution in [0.2, 0.25) is 0 Å². The fraction of sp³-hybridized carbons (Fsp3) is 0.667. The second-order valence-corrected chi connectivity index (χ2v) is 6.50. The van der Waals surface area contributed by atoms with Gasteiger partial charge < -0.3 is 9.30 Å². The van der Waals surface area contributed by atoms with Crippen molar-refractivity contribution in [1.82, 2.24) is 19.5 Å². The van der Waals surface area contributed by atoms with Gasteiger partial charge in [0, 0.05) is 18.8 Å². The number of imidazole rings is 1. The van der Waals surface area contributed by atoms with Crippen LogP contribution in [0.3, 0.4) is 0 Å². The van der Waals surface area contributed by atoms with Gasteiger partial charge in [-0.3, -0.25) is 0 Å². The van der Waals surface area contributed by atoms with Crippen LogP contribution in [0.5, 0.6) is 5.88 Å². The summed E-state index contributed by atoms with van der Waals surface area (Å²) in [4.78, 5) is 13.2. The van der Waals surface area contributed by atoms with Crippen LogP contribution < -0.4 is 4.74 Å². The quantitative estimate of drug-likeness (QED) is 0.770. The van der Waals surface area contributed by atoms with Crippen LogP contribution in [0, 0.1) is 11.3 Å². The molecule has 114 valence electrons. The normalized spacial score (nSPS) is 16.6. The number of methoxy groups -OCH3 is 1. The van der Waals surface area contributed by atoms with Crippen LogP contribution in [0.25, 0.3) is 11.2 Å². The second-order valence-electron chi connectivity index (χ2n) is 6.13. The van der Waals surface area contributed by atoms with Gasteiger partial charge in [0.15, 0.2) is 11.2 Å². The van der Waals surface area contributed by atoms with Gasteiger partial charge in [0.05, 0.1) is 7.11 Å². The van der Waals surface area contributed by atoms with Gasteiger partial charge in [-0.2, -0.15) is 4.98 Å². The van der Waals surface area contributed by atoms with Gasteiger partial charge in [0.2, 0.25) is 5.88 Å². The number of rotatable bonds is 6. The molecule has 1 fully saturated rings. The number of alkyl halides is 1. The van der Waals surface area contributed by atoms with E-state index < -0.39 is 0 Å². The predicted molar refractivity (Wildman–Crippen MR) is 82.8 cm³/mol. The minimum absolute atomic E-state index is 0.382. The number of fused-ring (bicyclic) bond motifs is 1. The molecular formula is C15H21ClN4O. The number of hydrogen-bond acceptors (Lipinski definition) is 4. The molecular weight excluding hydrogens is 288 g/mol. The topological polar surface area (TPSA) is 52.8 Å². The Labute approximate surface area is 129 Å². The van der Waals surface area contributed by atoms with Crippen LogP contribution in [0.15, 0.2) is 6.33 Å². The Morgan fingerprint density at radius 2 is 2.14 bits per heavy atom. The molecule has 0 bridgehead atoms. The minimum Gasteiger partial charge on any atom is -0.479 e. The molecule has 0 saturated heterocycles. The summed E-state index contributed by atoms with van der Waals surface area (Å²) in [5, 5.41) is 0. The summed E-state index contributed by atoms with van der Waals surface area (Å²) in [5.41, 5.74) is 1.97. The van der Waals surface area contributed by atoms with E-state index in [1.54, 1.807) is 13.4 Å². The third kappa shape index (κ3) is 2.48. The fourth-order valence-corrected chi connectivity index (χ4v) is 3.11. The Kier molecular flexibility index (Phi) is 3.78. The molecule has 3 rings (SSSR count). The van der Waals surface area contributed by atoms with Crippen LogP contribution in [-0.2, 0) is 13.0 Å². The number of aryl methyl sites for hydroxylation is 1. The molecule has 0 unspecified atom stereocenters. The molecule has 21 heavy (non-hydrogen) atoms. The lowest BCUT2D eigenvalue weighted by Crippen LogP contribution is -2.19. The van der Waals surface area contributed by atoms with E-state index in [1.807, 2.05) is 0 Å². The third-order valence-electron chi connectivity index (χ3n) is 4.68. The first-order chi connectivity index (χ1) is 10.1. The predicted octanol–water partition coefficient (Wildman–Crippen LogP) is 3.05. The van der Waals surface area contributed by atoms with Gasteiger partial charge in [-0.05, 0) is 24.2 Å². The Balaban J connectivity index is 2.08. The highest BCUT2D eigenvalue weighted by Gasteiger charge is 2.46. The van der Waals surface area contributed by atoms with Crippen molar-refractivity contribution in [2.24, 2.45) is 11.3 Å². The zero-order chi connectivity index (χ0) is 15.0. The maximum Gasteiger partial charge on any atom is 0.245 e. The number of halogens is 1. The zero-order valence-corrected chi connectivity index (χ0v) is 13.5. The second kappa shape index (κ2) is 5.44. The Bertz CT molecular complexity index is 648. The summed E-state index contributed by atoms with van der Waals surface area (Å²) >= 11 is 5.94. The van der Waals surface area contributed by atoms with Crippen LogP contribution in [-0.4, -0.2) is 32.5 Å². The molecule has 1 aliphatic rings. The standard InChI is InChI=1S/C15H21ClN4O/c1-10(2)15(5-6-15)8-20-11(4-7-16)19-12-13(20)17-9-18-14(12)21-3/h9-10H,4-8H2,1-3H3. The van der Waals surface area contributed by atoms with E-state index in [9.17, 15) is 0 Å². The summed E-state index contributed by atoms with van der Waals surface area (Å²) in [7, 11) is 1.61. The molecule has 1 aliphatic carbocycles. The first-order valence-corrected chi connectivity index (χ1v) is 7.95. The van der Waals surface area contributed by atoms with Crippen molar-refractivity contribution in [2.75, 3.05) is 13.0 Å². The third-order valence-corrected chi connectivity index (χ3v) is 4.87. The average molecular weight is 309 g/mol. The van der Waals surface area contributed by atoms with Crippen molar-refractivity contribution in [1.29, 1.82) is 0 Å². The van der Waals surface area contributed by atoms with Gasteiger partial charge in [0.1, 0.15) is 12.2 Å². The monoisotopic (exact) mass is 308 g/mol. The molecule has 0 aromatic carbocycles. The summed E-state index contributed by atoms with van der Waals surface area (Å²) in [6.07, 6.45) is 4.81. The lowest BCUT2D eigenvalue weighted by atomic mass is 9.92. The van der Waals surface area contributed by atoms with Crippen LogP contribution in [0.4, 0.5) is 0 Å². The largest absolute Gasteiger partial charge is 0.479 e. The van der Waals surface area contributed by atoms with E-state index in [0.717, 1.165) is 30.0 Å². The lowest BCUT2D eigenvalue weighted by molar-refractivity contribution is 0.308. The Morgan fingerprint density at radius 1 is 1.38 bits per heavy atom. The highest BCUT2D eigenvalue weighted by molar-refractivity contribution is 6.17. The number of aromatic nitrogens is 4. The average Bonchev–Trinajstić information content (AvgIpc) is 3.18. The molecule has 2 heterocycles. The summed E-state index contributed by atoms with van der Waals surface area (Å²) in [5.74, 6) is 2.71. The van der Waals surface area contributed by atoms with Crippen molar-refractivity contribution in [3.63, 3.8) is 0 Å². The van der Waals surface area contributed by atoms with E-state index in [4.69, 9.17) is 16.3 Å². The maximum atomic E-state index is 5.94. The van der Waals surface area contributed by atoms with Crippen molar-refractivity contribution in [3.05, 3.63) is 12.2 Å². The van der Waals surface area contributed by atoms with Crippen LogP contribution in [0.1, 0.15) is 32.5 Å². The minimum atomic E-state index is 0.382. The van der Waals surface area contributed by atoms with Gasteiger partial charge in [-0.25, -0.2) is 9.97 Å². The highest BCUT2D eigenvalue weighted by Crippen LogP contribution is 2.53. The molecule has 2 aromatic heterocycles. The molecule has 0 spiro atoms. The summed E-state index contributed by atoms with van der Waals surface area (Å²) in [6.45, 7) is 5.54. The first-order valence-electron chi connectivity index (χ1n) is 7.41. The highest BCUT2D eigenvalue weighted by atomic mass is 35.5. The van der Waals surface area contributed by atoms with Crippen molar-refractivity contribution < 1.29 is 4.74 Å². The zero-order valence-electron chi connectivity index (χ0n) is 12.8. The molecule has 1 saturated carbocycles. The number of nitrogens with zero attached hydrogens (tertiary/aromatic N) is 4. The first kappa shape index (κ1) is 14.6. The molecule has 0 atom stereocenters. The van der Waals surface area contributed by atoms with Crippen molar-refractivity contribution >= 4 is 22.8 Å². The van der Waals surface area contributed by atoms with Gasteiger partial charge in [-0.1, -0.05) is 13.8 Å². The SMILES string of the molecule is COc1ncnc2c1nc(CCCl)n2CC1(C(C)C)CC1. The molecule has 6 heteroatoms. The van der Waals surface area contributed by atoms with Crippen LogP contribution >= 0.6 is 11.6 Å². The molecule has 5 nitrogen and oxygen atoms in total. The van der Waals surface area contributed by atoms with E-state index >= 15 is 0 Å². The summed E-state index contributed by atoms with van der Waals surface area (Å²) in [6, 6.07) is 0. The van der Waals surface area contributed by atoms with E-state index in [1.165, 1.54) is 12.8 Å². The van der Waals surface area contributed by atoms with E-state index in [-0.39, 0.29) is 0 Å². The van der Waals surface area contributed by atoms with E-state index in [2.05, 4.69) is 33.4 Å². The Morgan fingerprint density at radius 3 is 2.71 bits per heavy atom. The smallest absolute Gasteiger partial charge is 0.245 e. The Hall–Kier alpha value is -1.36. The number of hydrogen-bond donors (Lipinski definition) is 0. The fourth-order valence-electron chi connectivity index (χ4n) is 2.95. The lowest BCUT2D eigenvalue weighted by Gasteiger charge is -2.21. The molecule has 2 aromatic rings. The molecule has 0 N–H and O–H groups in total. The maximum absolute atomic E-state index is 5.94. The van der Waals surface area contributed by atoms with Crippen molar-refractivity contribution in [3.8, 4) is 5.88 Å². The molecule has 0 amide bonds.